The average Bonchev–Trinajstić information content (AvgIpc) is 2.62. The maximum Gasteiger partial charge on any atom is 0.119 e. The van der Waals surface area contributed by atoms with Gasteiger partial charge in [-0.15, -0.1) is 0 Å². The summed E-state index contributed by atoms with van der Waals surface area (Å²) in [7, 11) is 1.67. The maximum absolute atomic E-state index is 11.0. The van der Waals surface area contributed by atoms with Crippen molar-refractivity contribution >= 4 is 0 Å². The van der Waals surface area contributed by atoms with Crippen molar-refractivity contribution in [2.24, 2.45) is 11.8 Å². The van der Waals surface area contributed by atoms with Crippen LogP contribution in [0.15, 0.2) is 24.3 Å². The van der Waals surface area contributed by atoms with Crippen molar-refractivity contribution in [1.82, 2.24) is 0 Å². The molecule has 0 saturated heterocycles. The van der Waals surface area contributed by atoms with Crippen molar-refractivity contribution < 1.29 is 9.84 Å². The van der Waals surface area contributed by atoms with E-state index in [2.05, 4.69) is 13.8 Å². The van der Waals surface area contributed by atoms with Gasteiger partial charge in [0.05, 0.1) is 12.7 Å². The molecule has 0 amide bonds. The first kappa shape index (κ1) is 14.4. The van der Waals surface area contributed by atoms with Crippen molar-refractivity contribution in [2.75, 3.05) is 7.11 Å². The van der Waals surface area contributed by atoms with Crippen molar-refractivity contribution in [1.29, 1.82) is 0 Å². The lowest BCUT2D eigenvalue weighted by molar-refractivity contribution is 0.0189. The number of methoxy groups -OCH3 is 1. The molecule has 0 radical (unpaired) electrons. The van der Waals surface area contributed by atoms with Gasteiger partial charge in [0.2, 0.25) is 0 Å². The van der Waals surface area contributed by atoms with Crippen LogP contribution in [0.5, 0.6) is 5.75 Å². The van der Waals surface area contributed by atoms with Gasteiger partial charge in [-0.3, -0.25) is 0 Å². The van der Waals surface area contributed by atoms with Gasteiger partial charge in [0, 0.05) is 0 Å². The number of hydrogen-bond acceptors (Lipinski definition) is 2. The van der Waals surface area contributed by atoms with Crippen LogP contribution in [0.2, 0.25) is 0 Å². The smallest absolute Gasteiger partial charge is 0.119 e. The molecule has 1 aromatic rings. The van der Waals surface area contributed by atoms with E-state index in [-0.39, 0.29) is 0 Å². The minimum atomic E-state index is -0.668. The van der Waals surface area contributed by atoms with E-state index >= 15 is 0 Å². The third-order valence-corrected chi connectivity index (χ3v) is 4.64. The standard InChI is InChI=1S/C17H26O2/c1-13(2)14-6-5-10-17(18,11-9-14)15-7-4-8-16(12-15)19-3/h4,7-8,12-14,18H,5-6,9-11H2,1-3H3. The summed E-state index contributed by atoms with van der Waals surface area (Å²) in [5.41, 5.74) is 0.342. The molecule has 1 aliphatic rings. The lowest BCUT2D eigenvalue weighted by atomic mass is 9.84. The molecule has 2 atom stereocenters. The molecule has 1 aromatic carbocycles. The Hall–Kier alpha value is -1.02. The van der Waals surface area contributed by atoms with Gasteiger partial charge in [-0.25, -0.2) is 0 Å². The summed E-state index contributed by atoms with van der Waals surface area (Å²) in [6.07, 6.45) is 5.19. The fourth-order valence-corrected chi connectivity index (χ4v) is 3.22. The van der Waals surface area contributed by atoms with Crippen LogP contribution in [0.3, 0.4) is 0 Å². The van der Waals surface area contributed by atoms with Gasteiger partial charge in [-0.05, 0) is 55.2 Å². The molecule has 0 aromatic heterocycles. The summed E-state index contributed by atoms with van der Waals surface area (Å²) >= 11 is 0. The molecule has 2 nitrogen and oxygen atoms in total. The van der Waals surface area contributed by atoms with Crippen molar-refractivity contribution in [3.63, 3.8) is 0 Å². The molecule has 1 fully saturated rings. The summed E-state index contributed by atoms with van der Waals surface area (Å²) in [5, 5.41) is 11.0. The summed E-state index contributed by atoms with van der Waals surface area (Å²) in [6.45, 7) is 4.58. The molecule has 2 unspecified atom stereocenters. The zero-order valence-corrected chi connectivity index (χ0v) is 12.4. The largest absolute Gasteiger partial charge is 0.497 e. The highest BCUT2D eigenvalue weighted by atomic mass is 16.5. The normalized spacial score (nSPS) is 28.2. The first-order valence-electron chi connectivity index (χ1n) is 7.42. The van der Waals surface area contributed by atoms with Gasteiger partial charge >= 0.3 is 0 Å². The Morgan fingerprint density at radius 2 is 2.05 bits per heavy atom. The van der Waals surface area contributed by atoms with Crippen LogP contribution in [-0.4, -0.2) is 12.2 Å². The molecule has 106 valence electrons. The van der Waals surface area contributed by atoms with Gasteiger partial charge in [0.15, 0.2) is 0 Å². The Bertz CT molecular complexity index is 413. The SMILES string of the molecule is COc1cccc(C2(O)CCCC(C(C)C)CC2)c1. The Balaban J connectivity index is 2.17. The van der Waals surface area contributed by atoms with Crippen LogP contribution in [0.4, 0.5) is 0 Å². The molecule has 1 saturated carbocycles. The first-order chi connectivity index (χ1) is 9.05. The topological polar surface area (TPSA) is 29.5 Å². The van der Waals surface area contributed by atoms with Gasteiger partial charge in [-0.2, -0.15) is 0 Å². The number of hydrogen-bond donors (Lipinski definition) is 1. The monoisotopic (exact) mass is 262 g/mol. The fourth-order valence-electron chi connectivity index (χ4n) is 3.22. The second kappa shape index (κ2) is 5.96. The summed E-state index contributed by atoms with van der Waals surface area (Å²) in [4.78, 5) is 0. The quantitative estimate of drug-likeness (QED) is 0.830. The van der Waals surface area contributed by atoms with E-state index in [1.807, 2.05) is 24.3 Å². The van der Waals surface area contributed by atoms with E-state index in [1.54, 1.807) is 7.11 Å². The Morgan fingerprint density at radius 1 is 1.26 bits per heavy atom. The molecule has 19 heavy (non-hydrogen) atoms. The van der Waals surface area contributed by atoms with E-state index in [1.165, 1.54) is 6.42 Å². The van der Waals surface area contributed by atoms with Crippen LogP contribution in [0.1, 0.15) is 51.5 Å². The molecule has 2 rings (SSSR count). The highest BCUT2D eigenvalue weighted by Gasteiger charge is 2.33. The Kier molecular flexibility index (Phi) is 4.51. The molecule has 0 spiro atoms. The maximum atomic E-state index is 11.0. The Labute approximate surface area is 116 Å². The highest BCUT2D eigenvalue weighted by Crippen LogP contribution is 2.40. The molecule has 2 heteroatoms. The Morgan fingerprint density at radius 3 is 2.74 bits per heavy atom. The summed E-state index contributed by atoms with van der Waals surface area (Å²) in [5.74, 6) is 2.29. The van der Waals surface area contributed by atoms with Crippen LogP contribution in [0, 0.1) is 11.8 Å². The number of aliphatic hydroxyl groups is 1. The van der Waals surface area contributed by atoms with Gasteiger partial charge in [0.25, 0.3) is 0 Å². The van der Waals surface area contributed by atoms with E-state index in [0.29, 0.717) is 5.92 Å². The molecule has 1 N–H and O–H groups in total. The lowest BCUT2D eigenvalue weighted by Crippen LogP contribution is -2.25. The third-order valence-electron chi connectivity index (χ3n) is 4.64. The second-order valence-electron chi connectivity index (χ2n) is 6.20. The first-order valence-corrected chi connectivity index (χ1v) is 7.42. The lowest BCUT2D eigenvalue weighted by Gasteiger charge is -2.28. The average molecular weight is 262 g/mol. The zero-order chi connectivity index (χ0) is 13.9. The van der Waals surface area contributed by atoms with Crippen molar-refractivity contribution in [3.05, 3.63) is 29.8 Å². The summed E-state index contributed by atoms with van der Waals surface area (Å²) < 4.78 is 5.27. The molecule has 0 heterocycles. The molecular weight excluding hydrogens is 236 g/mol. The minimum absolute atomic E-state index is 0.668. The minimum Gasteiger partial charge on any atom is -0.497 e. The third kappa shape index (κ3) is 3.30. The van der Waals surface area contributed by atoms with Crippen molar-refractivity contribution in [3.8, 4) is 5.75 Å². The van der Waals surface area contributed by atoms with E-state index < -0.39 is 5.60 Å². The van der Waals surface area contributed by atoms with Crippen LogP contribution >= 0.6 is 0 Å². The van der Waals surface area contributed by atoms with Gasteiger partial charge in [0.1, 0.15) is 5.75 Å². The fraction of sp³-hybridized carbons (Fsp3) is 0.647. The molecule has 0 bridgehead atoms. The zero-order valence-electron chi connectivity index (χ0n) is 12.4. The number of rotatable bonds is 3. The molecule has 0 aliphatic heterocycles. The predicted molar refractivity (Wildman–Crippen MR) is 78.3 cm³/mol. The predicted octanol–water partition coefficient (Wildman–Crippen LogP) is 4.12. The van der Waals surface area contributed by atoms with Gasteiger partial charge < -0.3 is 9.84 Å². The van der Waals surface area contributed by atoms with E-state index in [9.17, 15) is 5.11 Å². The number of ether oxygens (including phenoxy) is 1. The number of benzene rings is 1. The van der Waals surface area contributed by atoms with Crippen LogP contribution in [0.25, 0.3) is 0 Å². The van der Waals surface area contributed by atoms with Crippen molar-refractivity contribution in [2.45, 2.75) is 51.6 Å². The van der Waals surface area contributed by atoms with E-state index in [0.717, 1.165) is 42.9 Å². The van der Waals surface area contributed by atoms with Crippen LogP contribution < -0.4 is 4.74 Å². The summed E-state index contributed by atoms with van der Waals surface area (Å²) in [6, 6.07) is 7.91. The van der Waals surface area contributed by atoms with Crippen LogP contribution in [-0.2, 0) is 5.60 Å². The molecular formula is C17H26O2. The molecule has 1 aliphatic carbocycles. The van der Waals surface area contributed by atoms with E-state index in [4.69, 9.17) is 4.74 Å². The second-order valence-corrected chi connectivity index (χ2v) is 6.20. The highest BCUT2D eigenvalue weighted by molar-refractivity contribution is 5.32. The van der Waals surface area contributed by atoms with Gasteiger partial charge in [-0.1, -0.05) is 32.4 Å².